The summed E-state index contributed by atoms with van der Waals surface area (Å²) in [5.41, 5.74) is 1.09. The van der Waals surface area contributed by atoms with Gasteiger partial charge in [0.05, 0.1) is 11.2 Å². The molecule has 0 saturated carbocycles. The van der Waals surface area contributed by atoms with Crippen molar-refractivity contribution in [3.8, 4) is 0 Å². The number of hydrogen-bond donors (Lipinski definition) is 0. The lowest BCUT2D eigenvalue weighted by Gasteiger charge is -2.10. The molecule has 0 N–H and O–H groups in total. The van der Waals surface area contributed by atoms with E-state index in [0.29, 0.717) is 16.3 Å². The molecule has 0 saturated heterocycles. The molecule has 0 aliphatic rings. The second-order valence-corrected chi connectivity index (χ2v) is 6.41. The zero-order valence-corrected chi connectivity index (χ0v) is 13.3. The molecule has 3 nitrogen and oxygen atoms in total. The van der Waals surface area contributed by atoms with Crippen LogP contribution in [0, 0.1) is 0 Å². The van der Waals surface area contributed by atoms with Gasteiger partial charge < -0.3 is 0 Å². The van der Waals surface area contributed by atoms with E-state index >= 15 is 0 Å². The number of hydrogen-bond acceptors (Lipinski definition) is 3. The maximum Gasteiger partial charge on any atom is 0.212 e. The Hall–Kier alpha value is -1.26. The van der Waals surface area contributed by atoms with Gasteiger partial charge in [-0.3, -0.25) is 9.48 Å². The molecule has 0 aliphatic carbocycles. The lowest BCUT2D eigenvalue weighted by Crippen LogP contribution is -2.13. The number of aromatic nitrogens is 2. The van der Waals surface area contributed by atoms with Crippen molar-refractivity contribution < 1.29 is 4.79 Å². The minimum atomic E-state index is -0.0887. The van der Waals surface area contributed by atoms with E-state index in [4.69, 9.17) is 11.6 Å². The van der Waals surface area contributed by atoms with E-state index in [1.54, 1.807) is 16.4 Å². The number of carbonyl (C=O) groups excluding carboxylic acids is 1. The summed E-state index contributed by atoms with van der Waals surface area (Å²) in [4.78, 5) is 13.7. The summed E-state index contributed by atoms with van der Waals surface area (Å²) < 4.78 is 1.67. The van der Waals surface area contributed by atoms with Crippen molar-refractivity contribution in [2.24, 2.45) is 0 Å². The number of carbonyl (C=O) groups is 1. The molecule has 0 amide bonds. The molecule has 2 rings (SSSR count). The Bertz CT molecular complexity index is 605. The average Bonchev–Trinajstić information content (AvgIpc) is 2.81. The molecule has 1 heterocycles. The maximum atomic E-state index is 12.6. The van der Waals surface area contributed by atoms with Gasteiger partial charge in [0.15, 0.2) is 0 Å². The number of nitrogens with zero attached hydrogens (tertiary/aromatic N) is 2. The molecule has 5 heteroatoms. The monoisotopic (exact) mass is 308 g/mol. The number of halogens is 1. The van der Waals surface area contributed by atoms with Crippen LogP contribution in [0.15, 0.2) is 35.4 Å². The van der Waals surface area contributed by atoms with E-state index < -0.39 is 0 Å². The first-order chi connectivity index (χ1) is 9.54. The molecule has 0 bridgehead atoms. The van der Waals surface area contributed by atoms with Gasteiger partial charge in [-0.1, -0.05) is 18.5 Å². The third-order valence-electron chi connectivity index (χ3n) is 2.88. The smallest absolute Gasteiger partial charge is 0.212 e. The summed E-state index contributed by atoms with van der Waals surface area (Å²) in [6.07, 6.45) is 1.52. The van der Waals surface area contributed by atoms with Crippen molar-refractivity contribution in [1.29, 1.82) is 0 Å². The molecule has 0 aliphatic heterocycles. The van der Waals surface area contributed by atoms with Crippen molar-refractivity contribution >= 4 is 29.1 Å². The third kappa shape index (κ3) is 3.07. The molecular formula is C15H17ClN2OS. The Balaban J connectivity index is 2.34. The molecular weight excluding hydrogens is 292 g/mol. The normalized spacial score (nSPS) is 11.1. The Morgan fingerprint density at radius 1 is 1.35 bits per heavy atom. The highest BCUT2D eigenvalue weighted by molar-refractivity contribution is 7.99. The first-order valence-corrected chi connectivity index (χ1v) is 7.91. The van der Waals surface area contributed by atoms with Crippen LogP contribution < -0.4 is 0 Å². The van der Waals surface area contributed by atoms with Crippen LogP contribution in [-0.2, 0) is 0 Å². The van der Waals surface area contributed by atoms with Gasteiger partial charge in [0.1, 0.15) is 5.69 Å². The topological polar surface area (TPSA) is 34.9 Å². The molecule has 1 aromatic heterocycles. The number of ketones is 1. The largest absolute Gasteiger partial charge is 0.287 e. The van der Waals surface area contributed by atoms with Crippen LogP contribution >= 0.6 is 23.4 Å². The molecule has 0 atom stereocenters. The maximum absolute atomic E-state index is 12.6. The van der Waals surface area contributed by atoms with E-state index in [9.17, 15) is 4.79 Å². The lowest BCUT2D eigenvalue weighted by atomic mass is 10.1. The summed E-state index contributed by atoms with van der Waals surface area (Å²) in [6.45, 7) is 6.05. The second kappa shape index (κ2) is 6.46. The minimum absolute atomic E-state index is 0.0887. The molecule has 0 fully saturated rings. The fourth-order valence-corrected chi connectivity index (χ4v) is 2.83. The van der Waals surface area contributed by atoms with Crippen molar-refractivity contribution in [2.75, 3.05) is 5.75 Å². The zero-order valence-electron chi connectivity index (χ0n) is 11.8. The van der Waals surface area contributed by atoms with Gasteiger partial charge in [0, 0.05) is 16.5 Å². The predicted octanol–water partition coefficient (Wildman–Crippen LogP) is 4.46. The lowest BCUT2D eigenvalue weighted by molar-refractivity contribution is 0.102. The highest BCUT2D eigenvalue weighted by Crippen LogP contribution is 2.24. The van der Waals surface area contributed by atoms with E-state index in [1.807, 2.05) is 38.1 Å². The van der Waals surface area contributed by atoms with Crippen LogP contribution in [0.4, 0.5) is 0 Å². The highest BCUT2D eigenvalue weighted by atomic mass is 35.5. The number of thioether (sulfide) groups is 1. The molecule has 0 radical (unpaired) electrons. The SMILES string of the molecule is CCSc1ccc(C(=O)c2c(Cl)cnn2C(C)C)cc1. The standard InChI is InChI=1S/C15H17ClN2OS/c1-4-20-12-7-5-11(6-8-12)15(19)14-13(16)9-17-18(14)10(2)3/h5-10H,4H2,1-3H3. The van der Waals surface area contributed by atoms with Crippen molar-refractivity contribution in [3.63, 3.8) is 0 Å². The Morgan fingerprint density at radius 2 is 2.00 bits per heavy atom. The van der Waals surface area contributed by atoms with Gasteiger partial charge in [-0.15, -0.1) is 11.8 Å². The minimum Gasteiger partial charge on any atom is -0.287 e. The van der Waals surface area contributed by atoms with Crippen LogP contribution in [0.1, 0.15) is 42.9 Å². The second-order valence-electron chi connectivity index (χ2n) is 4.67. The molecule has 2 aromatic rings. The summed E-state index contributed by atoms with van der Waals surface area (Å²) in [5.74, 6) is 0.924. The number of rotatable bonds is 5. The summed E-state index contributed by atoms with van der Waals surface area (Å²) in [5, 5.41) is 4.57. The van der Waals surface area contributed by atoms with E-state index in [0.717, 1.165) is 10.6 Å². The van der Waals surface area contributed by atoms with Crippen LogP contribution in [0.3, 0.4) is 0 Å². The van der Waals surface area contributed by atoms with Gasteiger partial charge in [-0.25, -0.2) is 0 Å². The van der Waals surface area contributed by atoms with Gasteiger partial charge in [0.25, 0.3) is 0 Å². The average molecular weight is 309 g/mol. The Morgan fingerprint density at radius 3 is 2.55 bits per heavy atom. The molecule has 0 spiro atoms. The van der Waals surface area contributed by atoms with E-state index in [2.05, 4.69) is 12.0 Å². The van der Waals surface area contributed by atoms with Crippen LogP contribution in [0.25, 0.3) is 0 Å². The van der Waals surface area contributed by atoms with Gasteiger partial charge in [-0.05, 0) is 43.9 Å². The zero-order chi connectivity index (χ0) is 14.7. The summed E-state index contributed by atoms with van der Waals surface area (Å²) in [6, 6.07) is 7.70. The van der Waals surface area contributed by atoms with E-state index in [-0.39, 0.29) is 11.8 Å². The Kier molecular flexibility index (Phi) is 4.89. The molecule has 1 aromatic carbocycles. The summed E-state index contributed by atoms with van der Waals surface area (Å²) in [7, 11) is 0. The van der Waals surface area contributed by atoms with Crippen molar-refractivity contribution in [3.05, 3.63) is 46.7 Å². The van der Waals surface area contributed by atoms with Gasteiger partial charge in [-0.2, -0.15) is 5.10 Å². The highest BCUT2D eigenvalue weighted by Gasteiger charge is 2.20. The van der Waals surface area contributed by atoms with Gasteiger partial charge >= 0.3 is 0 Å². The van der Waals surface area contributed by atoms with Gasteiger partial charge in [0.2, 0.25) is 5.78 Å². The van der Waals surface area contributed by atoms with Crippen molar-refractivity contribution in [1.82, 2.24) is 9.78 Å². The summed E-state index contributed by atoms with van der Waals surface area (Å²) >= 11 is 7.86. The van der Waals surface area contributed by atoms with Crippen molar-refractivity contribution in [2.45, 2.75) is 31.7 Å². The van der Waals surface area contributed by atoms with Crippen LogP contribution in [0.5, 0.6) is 0 Å². The molecule has 20 heavy (non-hydrogen) atoms. The molecule has 0 unspecified atom stereocenters. The fourth-order valence-electron chi connectivity index (χ4n) is 1.95. The van der Waals surface area contributed by atoms with Crippen LogP contribution in [-0.4, -0.2) is 21.3 Å². The third-order valence-corrected chi connectivity index (χ3v) is 4.05. The predicted molar refractivity (Wildman–Crippen MR) is 83.9 cm³/mol. The fraction of sp³-hybridized carbons (Fsp3) is 0.333. The molecule has 106 valence electrons. The Labute approximate surface area is 128 Å². The van der Waals surface area contributed by atoms with E-state index in [1.165, 1.54) is 6.20 Å². The first kappa shape index (κ1) is 15.1. The van der Waals surface area contributed by atoms with Crippen LogP contribution in [0.2, 0.25) is 5.02 Å². The number of benzene rings is 1. The quantitative estimate of drug-likeness (QED) is 0.604. The first-order valence-electron chi connectivity index (χ1n) is 6.55.